The third kappa shape index (κ3) is 3.42. The topological polar surface area (TPSA) is 38.8 Å². The molecule has 1 amide bonds. The first-order valence-electron chi connectivity index (χ1n) is 5.35. The summed E-state index contributed by atoms with van der Waals surface area (Å²) >= 11 is 0. The van der Waals surface area contributed by atoms with Crippen LogP contribution in [0.15, 0.2) is 0 Å². The summed E-state index contributed by atoms with van der Waals surface area (Å²) in [4.78, 5) is 13.4. The van der Waals surface area contributed by atoms with Crippen molar-refractivity contribution in [1.29, 1.82) is 0 Å². The van der Waals surface area contributed by atoms with E-state index in [9.17, 15) is 4.79 Å². The van der Waals surface area contributed by atoms with Crippen molar-refractivity contribution in [3.8, 4) is 12.3 Å². The lowest BCUT2D eigenvalue weighted by atomic mass is 10.1. The molecule has 0 unspecified atom stereocenters. The van der Waals surface area contributed by atoms with E-state index < -0.39 is 11.2 Å². The first kappa shape index (κ1) is 12.9. The van der Waals surface area contributed by atoms with Crippen molar-refractivity contribution in [3.63, 3.8) is 0 Å². The Morgan fingerprint density at radius 3 is 2.69 bits per heavy atom. The van der Waals surface area contributed by atoms with Crippen molar-refractivity contribution in [2.75, 3.05) is 19.7 Å². The van der Waals surface area contributed by atoms with Gasteiger partial charge < -0.3 is 14.4 Å². The summed E-state index contributed by atoms with van der Waals surface area (Å²) in [5, 5.41) is 0. The molecule has 1 aliphatic heterocycles. The van der Waals surface area contributed by atoms with Gasteiger partial charge in [-0.25, -0.2) is 4.79 Å². The average Bonchev–Trinajstić information content (AvgIpc) is 2.15. The fraction of sp³-hybridized carbons (Fsp3) is 0.750. The van der Waals surface area contributed by atoms with Gasteiger partial charge >= 0.3 is 6.09 Å². The number of amides is 1. The normalized spacial score (nSPS) is 26.1. The van der Waals surface area contributed by atoms with Crippen molar-refractivity contribution >= 4 is 6.09 Å². The molecule has 16 heavy (non-hydrogen) atoms. The second kappa shape index (κ2) is 4.34. The minimum Gasteiger partial charge on any atom is -0.444 e. The number of rotatable bonds is 0. The van der Waals surface area contributed by atoms with Gasteiger partial charge in [0.2, 0.25) is 0 Å². The summed E-state index contributed by atoms with van der Waals surface area (Å²) in [6.45, 7) is 8.65. The van der Waals surface area contributed by atoms with Crippen LogP contribution in [0.2, 0.25) is 0 Å². The molecule has 1 atom stereocenters. The molecule has 0 aromatic carbocycles. The standard InChI is InChI=1S/C12H19NO3/c1-6-12(5)9-13(7-8-15-12)10(14)16-11(2,3)4/h1H,7-9H2,2-5H3/t12-/m1/s1. The molecule has 1 aliphatic rings. The number of nitrogens with zero attached hydrogens (tertiary/aromatic N) is 1. The summed E-state index contributed by atoms with van der Waals surface area (Å²) in [7, 11) is 0. The number of hydrogen-bond donors (Lipinski definition) is 0. The Morgan fingerprint density at radius 1 is 1.56 bits per heavy atom. The van der Waals surface area contributed by atoms with E-state index in [0.29, 0.717) is 19.7 Å². The van der Waals surface area contributed by atoms with Crippen LogP contribution in [0.5, 0.6) is 0 Å². The van der Waals surface area contributed by atoms with Gasteiger partial charge in [0.25, 0.3) is 0 Å². The Bertz CT molecular complexity index is 313. The van der Waals surface area contributed by atoms with Gasteiger partial charge in [0.1, 0.15) is 11.2 Å². The molecular formula is C12H19NO3. The fourth-order valence-electron chi connectivity index (χ4n) is 1.44. The third-order valence-corrected chi connectivity index (χ3v) is 2.23. The van der Waals surface area contributed by atoms with Gasteiger partial charge in [0.05, 0.1) is 13.2 Å². The Kier molecular flexibility index (Phi) is 3.49. The van der Waals surface area contributed by atoms with Crippen LogP contribution in [0.25, 0.3) is 0 Å². The molecule has 0 bridgehead atoms. The Hall–Kier alpha value is -1.21. The first-order chi connectivity index (χ1) is 7.26. The van der Waals surface area contributed by atoms with E-state index in [1.54, 1.807) is 11.8 Å². The van der Waals surface area contributed by atoms with E-state index in [1.165, 1.54) is 0 Å². The highest BCUT2D eigenvalue weighted by molar-refractivity contribution is 5.68. The molecule has 0 radical (unpaired) electrons. The van der Waals surface area contributed by atoms with Crippen molar-refractivity contribution in [3.05, 3.63) is 0 Å². The van der Waals surface area contributed by atoms with Crippen molar-refractivity contribution in [1.82, 2.24) is 4.90 Å². The summed E-state index contributed by atoms with van der Waals surface area (Å²) < 4.78 is 10.7. The lowest BCUT2D eigenvalue weighted by Crippen LogP contribution is -2.52. The molecule has 1 rings (SSSR count). The summed E-state index contributed by atoms with van der Waals surface area (Å²) in [6.07, 6.45) is 5.04. The Balaban J connectivity index is 2.62. The quantitative estimate of drug-likeness (QED) is 0.588. The molecular weight excluding hydrogens is 206 g/mol. The van der Waals surface area contributed by atoms with Gasteiger partial charge in [-0.3, -0.25) is 0 Å². The zero-order valence-electron chi connectivity index (χ0n) is 10.4. The first-order valence-corrected chi connectivity index (χ1v) is 5.35. The summed E-state index contributed by atoms with van der Waals surface area (Å²) in [5.74, 6) is 2.56. The van der Waals surface area contributed by atoms with E-state index in [-0.39, 0.29) is 6.09 Å². The second-order valence-electron chi connectivity index (χ2n) is 5.13. The minimum atomic E-state index is -0.699. The number of terminal acetylenes is 1. The molecule has 1 saturated heterocycles. The number of ether oxygens (including phenoxy) is 2. The van der Waals surface area contributed by atoms with Crippen LogP contribution in [0, 0.1) is 12.3 Å². The van der Waals surface area contributed by atoms with Gasteiger partial charge in [0, 0.05) is 6.54 Å². The predicted octanol–water partition coefficient (Wildman–Crippen LogP) is 1.65. The maximum absolute atomic E-state index is 11.8. The highest BCUT2D eigenvalue weighted by Crippen LogP contribution is 2.18. The van der Waals surface area contributed by atoms with Gasteiger partial charge in [0.15, 0.2) is 0 Å². The Labute approximate surface area is 96.9 Å². The van der Waals surface area contributed by atoms with E-state index in [0.717, 1.165) is 0 Å². The lowest BCUT2D eigenvalue weighted by Gasteiger charge is -2.37. The molecule has 0 N–H and O–H groups in total. The van der Waals surface area contributed by atoms with Gasteiger partial charge in [-0.05, 0) is 27.7 Å². The number of hydrogen-bond acceptors (Lipinski definition) is 3. The van der Waals surface area contributed by atoms with E-state index in [2.05, 4.69) is 5.92 Å². The van der Waals surface area contributed by atoms with Crippen LogP contribution < -0.4 is 0 Å². The van der Waals surface area contributed by atoms with Crippen molar-refractivity contribution in [2.45, 2.75) is 38.9 Å². The molecule has 90 valence electrons. The monoisotopic (exact) mass is 225 g/mol. The van der Waals surface area contributed by atoms with E-state index >= 15 is 0 Å². The number of morpholine rings is 1. The predicted molar refractivity (Wildman–Crippen MR) is 61.0 cm³/mol. The molecule has 4 heteroatoms. The second-order valence-corrected chi connectivity index (χ2v) is 5.13. The van der Waals surface area contributed by atoms with Crippen LogP contribution >= 0.6 is 0 Å². The average molecular weight is 225 g/mol. The van der Waals surface area contributed by atoms with Crippen LogP contribution in [0.4, 0.5) is 4.79 Å². The molecule has 0 spiro atoms. The molecule has 0 saturated carbocycles. The van der Waals surface area contributed by atoms with Crippen LogP contribution in [-0.4, -0.2) is 41.9 Å². The zero-order chi connectivity index (χ0) is 12.4. The summed E-state index contributed by atoms with van der Waals surface area (Å²) in [5.41, 5.74) is -1.18. The molecule has 4 nitrogen and oxygen atoms in total. The van der Waals surface area contributed by atoms with Crippen LogP contribution in [0.3, 0.4) is 0 Å². The molecule has 1 fully saturated rings. The highest BCUT2D eigenvalue weighted by Gasteiger charge is 2.34. The fourth-order valence-corrected chi connectivity index (χ4v) is 1.44. The molecule has 1 heterocycles. The lowest BCUT2D eigenvalue weighted by molar-refractivity contribution is -0.0670. The highest BCUT2D eigenvalue weighted by atomic mass is 16.6. The smallest absolute Gasteiger partial charge is 0.410 e. The maximum atomic E-state index is 11.8. The van der Waals surface area contributed by atoms with Crippen LogP contribution in [-0.2, 0) is 9.47 Å². The van der Waals surface area contributed by atoms with Crippen molar-refractivity contribution < 1.29 is 14.3 Å². The van der Waals surface area contributed by atoms with E-state index in [4.69, 9.17) is 15.9 Å². The van der Waals surface area contributed by atoms with Crippen molar-refractivity contribution in [2.24, 2.45) is 0 Å². The zero-order valence-corrected chi connectivity index (χ0v) is 10.4. The molecule has 0 aromatic rings. The largest absolute Gasteiger partial charge is 0.444 e. The number of carbonyl (C=O) groups is 1. The summed E-state index contributed by atoms with van der Waals surface area (Å²) in [6, 6.07) is 0. The molecule has 0 aliphatic carbocycles. The van der Waals surface area contributed by atoms with Gasteiger partial charge in [-0.2, -0.15) is 0 Å². The van der Waals surface area contributed by atoms with Crippen LogP contribution in [0.1, 0.15) is 27.7 Å². The molecule has 0 aromatic heterocycles. The van der Waals surface area contributed by atoms with Gasteiger partial charge in [-0.1, -0.05) is 5.92 Å². The Morgan fingerprint density at radius 2 is 2.19 bits per heavy atom. The minimum absolute atomic E-state index is 0.336. The maximum Gasteiger partial charge on any atom is 0.410 e. The SMILES string of the molecule is C#C[C@]1(C)CN(C(=O)OC(C)(C)C)CCO1. The van der Waals surface area contributed by atoms with Gasteiger partial charge in [-0.15, -0.1) is 6.42 Å². The third-order valence-electron chi connectivity index (χ3n) is 2.23. The van der Waals surface area contributed by atoms with E-state index in [1.807, 2.05) is 20.8 Å². The number of carbonyl (C=O) groups excluding carboxylic acids is 1.